The first kappa shape index (κ1) is 30.9. The zero-order chi connectivity index (χ0) is 28.5. The monoisotopic (exact) mass is 542 g/mol. The molecule has 0 saturated carbocycles. The van der Waals surface area contributed by atoms with Gasteiger partial charge in [0.2, 0.25) is 0 Å². The van der Waals surface area contributed by atoms with E-state index in [1.807, 2.05) is 49.9 Å². The Morgan fingerprint density at radius 1 is 1.11 bits per heavy atom. The number of hydrogen-bond donors (Lipinski definition) is 1. The van der Waals surface area contributed by atoms with Crippen LogP contribution >= 0.6 is 0 Å². The number of ether oxygens (including phenoxy) is 2. The first-order valence-corrected chi connectivity index (χ1v) is 12.2. The Balaban J connectivity index is 0.000000638. The van der Waals surface area contributed by atoms with E-state index in [1.54, 1.807) is 6.07 Å². The number of benzene rings is 2. The highest BCUT2D eigenvalue weighted by Crippen LogP contribution is 2.22. The predicted octanol–water partition coefficient (Wildman–Crippen LogP) is 5.79. The van der Waals surface area contributed by atoms with Crippen molar-refractivity contribution in [3.63, 3.8) is 0 Å². The highest BCUT2D eigenvalue weighted by molar-refractivity contribution is 5.73. The highest BCUT2D eigenvalue weighted by atomic mass is 19.4. The second kappa shape index (κ2) is 14.0. The lowest BCUT2D eigenvalue weighted by molar-refractivity contribution is -0.192. The van der Waals surface area contributed by atoms with Gasteiger partial charge in [0, 0.05) is 12.6 Å². The Morgan fingerprint density at radius 2 is 1.68 bits per heavy atom. The molecule has 1 amide bonds. The van der Waals surface area contributed by atoms with Crippen LogP contribution in [0.5, 0.6) is 5.75 Å². The molecule has 1 aliphatic rings. The number of piperidine rings is 1. The van der Waals surface area contributed by atoms with Crippen molar-refractivity contribution in [2.24, 2.45) is 0 Å². The zero-order valence-electron chi connectivity index (χ0n) is 21.9. The van der Waals surface area contributed by atoms with Gasteiger partial charge in [-0.2, -0.15) is 13.2 Å². The van der Waals surface area contributed by atoms with Gasteiger partial charge in [0.25, 0.3) is 0 Å². The minimum absolute atomic E-state index is 0.106. The molecule has 11 heteroatoms. The lowest BCUT2D eigenvalue weighted by atomic mass is 10.0. The van der Waals surface area contributed by atoms with Gasteiger partial charge in [0.15, 0.2) is 0 Å². The minimum atomic E-state index is -5.08. The van der Waals surface area contributed by atoms with E-state index in [2.05, 4.69) is 11.9 Å². The standard InChI is InChI=1S/C25H33FN2O3.C2HF3O2/c1-18(2)31-24-9-5-20(6-10-24)17-30-25(29)28(23-11-13-27(4)14-12-23)16-21-7-8-22(26)15-19(21)3;3-2(4,5)1(6)7/h5-10,15,18,23H,11-14,16-17H2,1-4H3;(H,6,7). The average molecular weight is 543 g/mol. The first-order valence-electron chi connectivity index (χ1n) is 12.2. The number of carbonyl (C=O) groups is 2. The fourth-order valence-corrected chi connectivity index (χ4v) is 3.83. The number of hydrogen-bond acceptors (Lipinski definition) is 5. The molecule has 3 rings (SSSR count). The van der Waals surface area contributed by atoms with Crippen LogP contribution in [-0.2, 0) is 22.7 Å². The molecular formula is C27H34F4N2O5. The quantitative estimate of drug-likeness (QED) is 0.447. The summed E-state index contributed by atoms with van der Waals surface area (Å²) in [6.45, 7) is 8.33. The van der Waals surface area contributed by atoms with Gasteiger partial charge in [-0.3, -0.25) is 0 Å². The second-order valence-corrected chi connectivity index (χ2v) is 9.40. The number of likely N-dealkylation sites (tertiary alicyclic amines) is 1. The lowest BCUT2D eigenvalue weighted by Crippen LogP contribution is -2.46. The molecule has 0 spiro atoms. The van der Waals surface area contributed by atoms with E-state index in [0.29, 0.717) is 6.54 Å². The Kier molecular flexibility index (Phi) is 11.4. The van der Waals surface area contributed by atoms with Gasteiger partial charge in [-0.15, -0.1) is 0 Å². The van der Waals surface area contributed by atoms with Crippen LogP contribution in [0.25, 0.3) is 0 Å². The molecule has 1 N–H and O–H groups in total. The van der Waals surface area contributed by atoms with Crippen molar-refractivity contribution in [2.75, 3.05) is 20.1 Å². The van der Waals surface area contributed by atoms with Gasteiger partial charge in [0.05, 0.1) is 6.10 Å². The Hall–Kier alpha value is -3.34. The Morgan fingerprint density at radius 3 is 2.18 bits per heavy atom. The highest BCUT2D eigenvalue weighted by Gasteiger charge is 2.38. The van der Waals surface area contributed by atoms with Crippen molar-refractivity contribution in [3.8, 4) is 5.75 Å². The molecule has 1 fully saturated rings. The van der Waals surface area contributed by atoms with Gasteiger partial charge in [-0.05, 0) is 94.7 Å². The van der Waals surface area contributed by atoms with Crippen molar-refractivity contribution in [2.45, 2.75) is 65.1 Å². The largest absolute Gasteiger partial charge is 0.491 e. The number of halogens is 4. The average Bonchev–Trinajstić information content (AvgIpc) is 2.83. The third kappa shape index (κ3) is 10.2. The molecular weight excluding hydrogens is 508 g/mol. The summed E-state index contributed by atoms with van der Waals surface area (Å²) in [4.78, 5) is 26.1. The third-order valence-corrected chi connectivity index (χ3v) is 5.91. The number of carboxylic acid groups (broad SMARTS) is 1. The Labute approximate surface area is 219 Å². The summed E-state index contributed by atoms with van der Waals surface area (Å²) in [5, 5.41) is 7.12. The van der Waals surface area contributed by atoms with Crippen molar-refractivity contribution >= 4 is 12.1 Å². The van der Waals surface area contributed by atoms with Crippen LogP contribution in [-0.4, -0.2) is 65.4 Å². The van der Waals surface area contributed by atoms with Crippen LogP contribution in [0.2, 0.25) is 0 Å². The van der Waals surface area contributed by atoms with E-state index in [-0.39, 0.29) is 30.7 Å². The second-order valence-electron chi connectivity index (χ2n) is 9.40. The summed E-state index contributed by atoms with van der Waals surface area (Å²) >= 11 is 0. The molecule has 1 aliphatic heterocycles. The van der Waals surface area contributed by atoms with E-state index in [4.69, 9.17) is 19.4 Å². The fourth-order valence-electron chi connectivity index (χ4n) is 3.83. The summed E-state index contributed by atoms with van der Waals surface area (Å²) in [7, 11) is 2.09. The van der Waals surface area contributed by atoms with Crippen LogP contribution in [0.4, 0.5) is 22.4 Å². The van der Waals surface area contributed by atoms with Crippen molar-refractivity contribution in [1.29, 1.82) is 0 Å². The predicted molar refractivity (Wildman–Crippen MR) is 133 cm³/mol. The molecule has 210 valence electrons. The van der Waals surface area contributed by atoms with Crippen LogP contribution in [0.15, 0.2) is 42.5 Å². The number of amides is 1. The summed E-state index contributed by atoms with van der Waals surface area (Å²) < 4.78 is 56.6. The van der Waals surface area contributed by atoms with Gasteiger partial charge in [-0.25, -0.2) is 14.0 Å². The van der Waals surface area contributed by atoms with Gasteiger partial charge in [-0.1, -0.05) is 18.2 Å². The summed E-state index contributed by atoms with van der Waals surface area (Å²) in [6.07, 6.45) is -3.51. The number of carboxylic acids is 1. The molecule has 0 radical (unpaired) electrons. The van der Waals surface area contributed by atoms with E-state index >= 15 is 0 Å². The summed E-state index contributed by atoms with van der Waals surface area (Å²) in [5.41, 5.74) is 2.68. The molecule has 0 aliphatic carbocycles. The topological polar surface area (TPSA) is 79.3 Å². The molecule has 0 bridgehead atoms. The number of rotatable bonds is 7. The fraction of sp³-hybridized carbons (Fsp3) is 0.481. The molecule has 2 aromatic rings. The smallest absolute Gasteiger partial charge is 0.490 e. The molecule has 1 heterocycles. The zero-order valence-corrected chi connectivity index (χ0v) is 21.9. The maximum Gasteiger partial charge on any atom is 0.490 e. The summed E-state index contributed by atoms with van der Waals surface area (Å²) in [6, 6.07) is 12.4. The van der Waals surface area contributed by atoms with Gasteiger partial charge >= 0.3 is 18.2 Å². The summed E-state index contributed by atoms with van der Waals surface area (Å²) in [5.74, 6) is -2.23. The number of nitrogens with zero attached hydrogens (tertiary/aromatic N) is 2. The number of aliphatic carboxylic acids is 1. The van der Waals surface area contributed by atoms with E-state index in [9.17, 15) is 22.4 Å². The van der Waals surface area contributed by atoms with Crippen LogP contribution in [0, 0.1) is 12.7 Å². The number of alkyl halides is 3. The third-order valence-electron chi connectivity index (χ3n) is 5.91. The van der Waals surface area contributed by atoms with Crippen molar-refractivity contribution in [3.05, 3.63) is 65.0 Å². The maximum absolute atomic E-state index is 13.5. The van der Waals surface area contributed by atoms with Gasteiger partial charge < -0.3 is 24.4 Å². The number of aryl methyl sites for hydroxylation is 1. The maximum atomic E-state index is 13.5. The van der Waals surface area contributed by atoms with Crippen LogP contribution in [0.1, 0.15) is 43.4 Å². The molecule has 2 aromatic carbocycles. The Bertz CT molecular complexity index is 1050. The van der Waals surface area contributed by atoms with Crippen molar-refractivity contribution < 1.29 is 41.7 Å². The molecule has 0 atom stereocenters. The molecule has 0 aromatic heterocycles. The van der Waals surface area contributed by atoms with E-state index in [0.717, 1.165) is 48.4 Å². The molecule has 1 saturated heterocycles. The van der Waals surface area contributed by atoms with E-state index < -0.39 is 12.1 Å². The molecule has 0 unspecified atom stereocenters. The SMILES string of the molecule is Cc1cc(F)ccc1CN(C(=O)OCc1ccc(OC(C)C)cc1)C1CCN(C)CC1.O=C(O)C(F)(F)F. The van der Waals surface area contributed by atoms with Crippen LogP contribution < -0.4 is 4.74 Å². The molecule has 38 heavy (non-hydrogen) atoms. The van der Waals surface area contributed by atoms with Gasteiger partial charge in [0.1, 0.15) is 18.2 Å². The number of carbonyl (C=O) groups excluding carboxylic acids is 1. The minimum Gasteiger partial charge on any atom is -0.491 e. The van der Waals surface area contributed by atoms with Crippen LogP contribution in [0.3, 0.4) is 0 Å². The first-order chi connectivity index (χ1) is 17.8. The lowest BCUT2D eigenvalue weighted by Gasteiger charge is -2.37. The molecule has 7 nitrogen and oxygen atoms in total. The normalized spacial score (nSPS) is 14.4. The van der Waals surface area contributed by atoms with E-state index in [1.165, 1.54) is 12.1 Å². The van der Waals surface area contributed by atoms with Crippen molar-refractivity contribution in [1.82, 2.24) is 9.80 Å².